The van der Waals surface area contributed by atoms with Crippen molar-refractivity contribution in [1.29, 1.82) is 0 Å². The summed E-state index contributed by atoms with van der Waals surface area (Å²) in [5, 5.41) is 3.00. The van der Waals surface area contributed by atoms with Crippen LogP contribution >= 0.6 is 0 Å². The predicted molar refractivity (Wildman–Crippen MR) is 100 cm³/mol. The van der Waals surface area contributed by atoms with Gasteiger partial charge in [0.2, 0.25) is 0 Å². The van der Waals surface area contributed by atoms with Crippen LogP contribution in [0, 0.1) is 0 Å². The van der Waals surface area contributed by atoms with Crippen LogP contribution < -0.4 is 10.1 Å². The lowest BCUT2D eigenvalue weighted by atomic mass is 10.2. The molecule has 2 heterocycles. The van der Waals surface area contributed by atoms with Gasteiger partial charge in [-0.2, -0.15) is 0 Å². The van der Waals surface area contributed by atoms with Crippen LogP contribution in [0.1, 0.15) is 0 Å². The molecule has 0 saturated heterocycles. The fourth-order valence-electron chi connectivity index (χ4n) is 2.93. The smallest absolute Gasteiger partial charge is 0.406 e. The molecule has 0 bridgehead atoms. The highest BCUT2D eigenvalue weighted by atomic mass is 19.4. The lowest BCUT2D eigenvalue weighted by Gasteiger charge is -2.11. The molecular weight excluding hydrogens is 369 g/mol. The number of imidazole rings is 1. The highest BCUT2D eigenvalue weighted by Gasteiger charge is 2.31. The van der Waals surface area contributed by atoms with Gasteiger partial charge < -0.3 is 14.6 Å². The van der Waals surface area contributed by atoms with Crippen molar-refractivity contribution < 1.29 is 17.9 Å². The Bertz CT molecular complexity index is 1120. The molecular formula is C20H15F3N4O. The summed E-state index contributed by atoms with van der Waals surface area (Å²) in [6.45, 7) is 0. The van der Waals surface area contributed by atoms with Gasteiger partial charge in [-0.15, -0.1) is 13.2 Å². The third-order valence-corrected chi connectivity index (χ3v) is 4.14. The van der Waals surface area contributed by atoms with Gasteiger partial charge in [-0.05, 0) is 12.1 Å². The second-order valence-corrected chi connectivity index (χ2v) is 6.12. The zero-order valence-corrected chi connectivity index (χ0v) is 14.7. The number of anilines is 2. The van der Waals surface area contributed by atoms with Gasteiger partial charge in [-0.1, -0.05) is 36.4 Å². The van der Waals surface area contributed by atoms with Crippen LogP contribution in [0.4, 0.5) is 24.7 Å². The summed E-state index contributed by atoms with van der Waals surface area (Å²) in [6, 6.07) is 17.2. The number of ether oxygens (including phenoxy) is 1. The van der Waals surface area contributed by atoms with E-state index in [2.05, 4.69) is 20.0 Å². The first-order valence-electron chi connectivity index (χ1n) is 8.40. The van der Waals surface area contributed by atoms with Crippen LogP contribution in [0.5, 0.6) is 5.75 Å². The van der Waals surface area contributed by atoms with Gasteiger partial charge in [0.25, 0.3) is 0 Å². The summed E-state index contributed by atoms with van der Waals surface area (Å²) in [6.07, 6.45) is -3.11. The van der Waals surface area contributed by atoms with Crippen molar-refractivity contribution in [3.63, 3.8) is 0 Å². The van der Waals surface area contributed by atoms with E-state index < -0.39 is 6.36 Å². The second-order valence-electron chi connectivity index (χ2n) is 6.12. The average Bonchev–Trinajstić information content (AvgIpc) is 2.98. The van der Waals surface area contributed by atoms with Crippen molar-refractivity contribution in [3.05, 3.63) is 66.9 Å². The van der Waals surface area contributed by atoms with E-state index in [9.17, 15) is 13.2 Å². The Balaban J connectivity index is 1.64. The van der Waals surface area contributed by atoms with E-state index in [0.29, 0.717) is 11.5 Å². The third kappa shape index (κ3) is 3.75. The van der Waals surface area contributed by atoms with Crippen molar-refractivity contribution in [2.75, 3.05) is 5.32 Å². The zero-order chi connectivity index (χ0) is 19.7. The minimum absolute atomic E-state index is 0.300. The van der Waals surface area contributed by atoms with Crippen molar-refractivity contribution in [1.82, 2.24) is 14.5 Å². The maximum atomic E-state index is 12.4. The lowest BCUT2D eigenvalue weighted by Crippen LogP contribution is -2.17. The Labute approximate surface area is 158 Å². The maximum absolute atomic E-state index is 12.4. The Hall–Kier alpha value is -3.55. The fourth-order valence-corrected chi connectivity index (χ4v) is 2.93. The van der Waals surface area contributed by atoms with E-state index in [1.807, 2.05) is 41.9 Å². The minimum atomic E-state index is -4.74. The van der Waals surface area contributed by atoms with Crippen LogP contribution in [0.2, 0.25) is 0 Å². The van der Waals surface area contributed by atoms with Crippen molar-refractivity contribution in [2.24, 2.45) is 7.05 Å². The van der Waals surface area contributed by atoms with Gasteiger partial charge in [0.05, 0.1) is 11.7 Å². The van der Waals surface area contributed by atoms with Crippen molar-refractivity contribution in [2.45, 2.75) is 6.36 Å². The van der Waals surface area contributed by atoms with Gasteiger partial charge in [0.1, 0.15) is 22.9 Å². The van der Waals surface area contributed by atoms with E-state index >= 15 is 0 Å². The molecule has 8 heteroatoms. The number of halogens is 3. The van der Waals surface area contributed by atoms with Crippen LogP contribution in [0.15, 0.2) is 66.9 Å². The Morgan fingerprint density at radius 1 is 1.00 bits per heavy atom. The van der Waals surface area contributed by atoms with Gasteiger partial charge in [0, 0.05) is 30.4 Å². The summed E-state index contributed by atoms with van der Waals surface area (Å²) in [4.78, 5) is 8.92. The zero-order valence-electron chi connectivity index (χ0n) is 14.7. The van der Waals surface area contributed by atoms with Crippen LogP contribution in [0.25, 0.3) is 22.4 Å². The lowest BCUT2D eigenvalue weighted by molar-refractivity contribution is -0.274. The molecule has 0 aliphatic rings. The van der Waals surface area contributed by atoms with Crippen molar-refractivity contribution >= 4 is 22.5 Å². The molecule has 0 fully saturated rings. The number of alkyl halides is 3. The van der Waals surface area contributed by atoms with E-state index in [1.165, 1.54) is 18.2 Å². The second kappa shape index (κ2) is 6.88. The standard InChI is InChI=1S/C20H15F3N4O/c1-27-17-11-18(25-14-8-5-9-15(10-14)28-20(21,22)23)24-12-16(17)26-19(27)13-6-3-2-4-7-13/h2-12H,1H3,(H,24,25). The molecule has 0 amide bonds. The molecule has 0 radical (unpaired) electrons. The molecule has 0 saturated carbocycles. The predicted octanol–water partition coefficient (Wildman–Crippen LogP) is 5.28. The quantitative estimate of drug-likeness (QED) is 0.520. The highest BCUT2D eigenvalue weighted by molar-refractivity contribution is 5.82. The molecule has 2 aromatic heterocycles. The minimum Gasteiger partial charge on any atom is -0.406 e. The number of pyridine rings is 1. The number of hydrogen-bond donors (Lipinski definition) is 1. The van der Waals surface area contributed by atoms with E-state index in [0.717, 1.165) is 22.4 Å². The first-order chi connectivity index (χ1) is 13.4. The summed E-state index contributed by atoms with van der Waals surface area (Å²) >= 11 is 0. The van der Waals surface area contributed by atoms with Gasteiger partial charge in [-0.3, -0.25) is 0 Å². The number of benzene rings is 2. The molecule has 0 spiro atoms. The van der Waals surface area contributed by atoms with Crippen LogP contribution in [-0.2, 0) is 7.05 Å². The molecule has 0 atom stereocenters. The molecule has 0 aliphatic carbocycles. The summed E-state index contributed by atoms with van der Waals surface area (Å²) in [5.74, 6) is 0.986. The molecule has 1 N–H and O–H groups in total. The largest absolute Gasteiger partial charge is 0.573 e. The number of hydrogen-bond acceptors (Lipinski definition) is 4. The average molecular weight is 384 g/mol. The fraction of sp³-hybridized carbons (Fsp3) is 0.100. The number of aryl methyl sites for hydroxylation is 1. The number of nitrogens with one attached hydrogen (secondary N) is 1. The molecule has 0 aliphatic heterocycles. The van der Waals surface area contributed by atoms with E-state index in [4.69, 9.17) is 0 Å². The molecule has 0 unspecified atom stereocenters. The molecule has 28 heavy (non-hydrogen) atoms. The Morgan fingerprint density at radius 3 is 2.54 bits per heavy atom. The number of aromatic nitrogens is 3. The topological polar surface area (TPSA) is 52.0 Å². The van der Waals surface area contributed by atoms with Gasteiger partial charge in [-0.25, -0.2) is 9.97 Å². The molecule has 2 aromatic carbocycles. The first-order valence-corrected chi connectivity index (χ1v) is 8.40. The summed E-state index contributed by atoms with van der Waals surface area (Å²) < 4.78 is 43.1. The molecule has 4 rings (SSSR count). The Kier molecular flexibility index (Phi) is 4.38. The Morgan fingerprint density at radius 2 is 1.79 bits per heavy atom. The van der Waals surface area contributed by atoms with Crippen LogP contribution in [0.3, 0.4) is 0 Å². The number of rotatable bonds is 4. The maximum Gasteiger partial charge on any atom is 0.573 e. The number of nitrogens with zero attached hydrogens (tertiary/aromatic N) is 3. The van der Waals surface area contributed by atoms with E-state index in [-0.39, 0.29) is 5.75 Å². The monoisotopic (exact) mass is 384 g/mol. The highest BCUT2D eigenvalue weighted by Crippen LogP contribution is 2.28. The summed E-state index contributed by atoms with van der Waals surface area (Å²) in [5.41, 5.74) is 2.98. The van der Waals surface area contributed by atoms with Gasteiger partial charge >= 0.3 is 6.36 Å². The number of fused-ring (bicyclic) bond motifs is 1. The van der Waals surface area contributed by atoms with Crippen molar-refractivity contribution in [3.8, 4) is 17.1 Å². The molecule has 5 nitrogen and oxygen atoms in total. The van der Waals surface area contributed by atoms with E-state index in [1.54, 1.807) is 18.3 Å². The first kappa shape index (κ1) is 17.8. The SMILES string of the molecule is Cn1c(-c2ccccc2)nc2cnc(Nc3cccc(OC(F)(F)F)c3)cc21. The molecule has 4 aromatic rings. The normalized spacial score (nSPS) is 11.6. The summed E-state index contributed by atoms with van der Waals surface area (Å²) in [7, 11) is 1.90. The van der Waals surface area contributed by atoms with Gasteiger partial charge in [0.15, 0.2) is 0 Å². The van der Waals surface area contributed by atoms with Crippen LogP contribution in [-0.4, -0.2) is 20.9 Å². The third-order valence-electron chi connectivity index (χ3n) is 4.14. The molecule has 142 valence electrons.